The van der Waals surface area contributed by atoms with E-state index in [-0.39, 0.29) is 22.8 Å². The summed E-state index contributed by atoms with van der Waals surface area (Å²) in [5, 5.41) is 15.5. The molecule has 1 N–H and O–H groups in total. The average Bonchev–Trinajstić information content (AvgIpc) is 3.39. The SMILES string of the molecule is COc1cc([N+](=O)[O-])cc2cc(C(=O)N/N=C\c3cccn3-c3cccc(Br)c3)oc12. The zero-order chi connectivity index (χ0) is 22.0. The molecule has 0 unspecified atom stereocenters. The van der Waals surface area contributed by atoms with Crippen molar-refractivity contribution in [1.29, 1.82) is 0 Å². The van der Waals surface area contributed by atoms with Crippen LogP contribution in [0.5, 0.6) is 5.75 Å². The van der Waals surface area contributed by atoms with Crippen LogP contribution in [0.25, 0.3) is 16.7 Å². The standard InChI is InChI=1S/C21H15BrN4O5/c1-30-18-11-17(26(28)29)8-13-9-19(31-20(13)18)21(27)24-23-12-16-6-3-7-25(16)15-5-2-4-14(22)10-15/h2-12H,1H3,(H,24,27)/b23-12-. The molecule has 4 aromatic rings. The number of nitro groups is 1. The summed E-state index contributed by atoms with van der Waals surface area (Å²) in [6.07, 6.45) is 3.39. The number of fused-ring (bicyclic) bond motifs is 1. The van der Waals surface area contributed by atoms with Crippen molar-refractivity contribution in [3.05, 3.63) is 86.8 Å². The van der Waals surface area contributed by atoms with Gasteiger partial charge >= 0.3 is 5.91 Å². The number of hydrazone groups is 1. The fourth-order valence-corrected chi connectivity index (χ4v) is 3.43. The second kappa shape index (κ2) is 8.44. The Hall–Kier alpha value is -3.92. The van der Waals surface area contributed by atoms with Crippen LogP contribution in [0.1, 0.15) is 16.2 Å². The van der Waals surface area contributed by atoms with Crippen LogP contribution in [-0.4, -0.2) is 28.7 Å². The van der Waals surface area contributed by atoms with E-state index in [9.17, 15) is 14.9 Å². The molecule has 31 heavy (non-hydrogen) atoms. The van der Waals surface area contributed by atoms with Gasteiger partial charge in [-0.1, -0.05) is 22.0 Å². The van der Waals surface area contributed by atoms with Gasteiger partial charge in [0.2, 0.25) is 0 Å². The minimum atomic E-state index is -0.599. The Bertz CT molecular complexity index is 1320. The number of furan rings is 1. The van der Waals surface area contributed by atoms with Gasteiger partial charge in [-0.05, 0) is 36.4 Å². The van der Waals surface area contributed by atoms with Gasteiger partial charge in [-0.2, -0.15) is 5.10 Å². The molecule has 1 amide bonds. The Labute approximate surface area is 184 Å². The first-order valence-corrected chi connectivity index (χ1v) is 9.78. The summed E-state index contributed by atoms with van der Waals surface area (Å²) >= 11 is 3.45. The number of carbonyl (C=O) groups excluding carboxylic acids is 1. The lowest BCUT2D eigenvalue weighted by molar-refractivity contribution is -0.384. The first kappa shape index (κ1) is 20.4. The number of nitro benzene ring substituents is 1. The quantitative estimate of drug-likeness (QED) is 0.244. The van der Waals surface area contributed by atoms with Gasteiger partial charge in [-0.25, -0.2) is 5.43 Å². The van der Waals surface area contributed by atoms with Gasteiger partial charge in [0, 0.05) is 27.8 Å². The van der Waals surface area contributed by atoms with Gasteiger partial charge in [0.05, 0.1) is 30.0 Å². The maximum absolute atomic E-state index is 12.5. The van der Waals surface area contributed by atoms with Crippen LogP contribution >= 0.6 is 15.9 Å². The lowest BCUT2D eigenvalue weighted by atomic mass is 10.2. The Morgan fingerprint density at radius 1 is 1.26 bits per heavy atom. The van der Waals surface area contributed by atoms with Crippen molar-refractivity contribution in [2.24, 2.45) is 5.10 Å². The van der Waals surface area contributed by atoms with E-state index in [0.717, 1.165) is 15.9 Å². The van der Waals surface area contributed by atoms with Crippen molar-refractivity contribution < 1.29 is 18.9 Å². The number of nitrogens with one attached hydrogen (secondary N) is 1. The number of rotatable bonds is 6. The third-order valence-corrected chi connectivity index (χ3v) is 4.94. The van der Waals surface area contributed by atoms with Gasteiger partial charge in [-0.3, -0.25) is 14.9 Å². The Balaban J connectivity index is 1.55. The van der Waals surface area contributed by atoms with E-state index >= 15 is 0 Å². The smallest absolute Gasteiger partial charge is 0.307 e. The third kappa shape index (κ3) is 4.19. The number of nitrogens with zero attached hydrogens (tertiary/aromatic N) is 3. The molecular weight excluding hydrogens is 468 g/mol. The topological polar surface area (TPSA) is 112 Å². The number of methoxy groups -OCH3 is 1. The molecular formula is C21H15BrN4O5. The summed E-state index contributed by atoms with van der Waals surface area (Å²) in [7, 11) is 1.37. The number of benzene rings is 2. The molecule has 10 heteroatoms. The minimum absolute atomic E-state index is 0.0479. The Kier molecular flexibility index (Phi) is 5.54. The van der Waals surface area contributed by atoms with Crippen molar-refractivity contribution in [2.45, 2.75) is 0 Å². The highest BCUT2D eigenvalue weighted by Gasteiger charge is 2.19. The molecule has 9 nitrogen and oxygen atoms in total. The first-order chi connectivity index (χ1) is 15.0. The monoisotopic (exact) mass is 482 g/mol. The molecule has 0 bridgehead atoms. The van der Waals surface area contributed by atoms with Crippen molar-refractivity contribution in [3.8, 4) is 11.4 Å². The second-order valence-electron chi connectivity index (χ2n) is 6.42. The number of hydrogen-bond acceptors (Lipinski definition) is 6. The fraction of sp³-hybridized carbons (Fsp3) is 0.0476. The summed E-state index contributed by atoms with van der Waals surface area (Å²) in [6, 6.07) is 15.4. The van der Waals surface area contributed by atoms with Gasteiger partial charge in [0.1, 0.15) is 0 Å². The fourth-order valence-electron chi connectivity index (χ4n) is 3.05. The van der Waals surface area contributed by atoms with Crippen LogP contribution in [0, 0.1) is 10.1 Å². The van der Waals surface area contributed by atoms with Crippen LogP contribution in [0.4, 0.5) is 5.69 Å². The van der Waals surface area contributed by atoms with Crippen LogP contribution in [0.3, 0.4) is 0 Å². The minimum Gasteiger partial charge on any atom is -0.493 e. The maximum atomic E-state index is 12.5. The molecule has 0 atom stereocenters. The van der Waals surface area contributed by atoms with Crippen molar-refractivity contribution in [3.63, 3.8) is 0 Å². The van der Waals surface area contributed by atoms with E-state index in [2.05, 4.69) is 26.5 Å². The molecule has 0 fully saturated rings. The summed E-state index contributed by atoms with van der Waals surface area (Å²) < 4.78 is 13.5. The lowest BCUT2D eigenvalue weighted by Gasteiger charge is -2.06. The second-order valence-corrected chi connectivity index (χ2v) is 7.33. The molecule has 0 saturated heterocycles. The van der Waals surface area contributed by atoms with Crippen LogP contribution in [0.15, 0.2) is 74.8 Å². The predicted octanol–water partition coefficient (Wildman–Crippen LogP) is 4.67. The van der Waals surface area contributed by atoms with E-state index in [0.29, 0.717) is 5.39 Å². The number of hydrogen-bond donors (Lipinski definition) is 1. The van der Waals surface area contributed by atoms with Crippen molar-refractivity contribution in [2.75, 3.05) is 7.11 Å². The number of halogens is 1. The molecule has 0 saturated carbocycles. The molecule has 0 aliphatic rings. The Morgan fingerprint density at radius 2 is 2.10 bits per heavy atom. The molecule has 2 aromatic heterocycles. The molecule has 0 aliphatic heterocycles. The van der Waals surface area contributed by atoms with Crippen LogP contribution in [0.2, 0.25) is 0 Å². The van der Waals surface area contributed by atoms with Gasteiger partial charge in [-0.15, -0.1) is 0 Å². The summed E-state index contributed by atoms with van der Waals surface area (Å²) in [6.45, 7) is 0. The predicted molar refractivity (Wildman–Crippen MR) is 118 cm³/mol. The normalized spacial score (nSPS) is 11.2. The largest absolute Gasteiger partial charge is 0.493 e. The van der Waals surface area contributed by atoms with E-state index in [1.807, 2.05) is 47.2 Å². The zero-order valence-electron chi connectivity index (χ0n) is 16.1. The van der Waals surface area contributed by atoms with Gasteiger partial charge < -0.3 is 13.7 Å². The summed E-state index contributed by atoms with van der Waals surface area (Å²) in [5.74, 6) is -0.482. The van der Waals surface area contributed by atoms with E-state index in [1.165, 1.54) is 31.5 Å². The Morgan fingerprint density at radius 3 is 2.84 bits per heavy atom. The maximum Gasteiger partial charge on any atom is 0.307 e. The third-order valence-electron chi connectivity index (χ3n) is 4.45. The summed E-state index contributed by atoms with van der Waals surface area (Å²) in [4.78, 5) is 23.0. The first-order valence-electron chi connectivity index (χ1n) is 8.99. The van der Waals surface area contributed by atoms with Crippen molar-refractivity contribution >= 4 is 44.7 Å². The highest BCUT2D eigenvalue weighted by molar-refractivity contribution is 9.10. The van der Waals surface area contributed by atoms with Gasteiger partial charge in [0.25, 0.3) is 5.69 Å². The van der Waals surface area contributed by atoms with Gasteiger partial charge in [0.15, 0.2) is 17.1 Å². The van der Waals surface area contributed by atoms with E-state index in [4.69, 9.17) is 9.15 Å². The average molecular weight is 483 g/mol. The number of non-ortho nitro benzene ring substituents is 1. The zero-order valence-corrected chi connectivity index (χ0v) is 17.7. The highest BCUT2D eigenvalue weighted by atomic mass is 79.9. The van der Waals surface area contributed by atoms with E-state index in [1.54, 1.807) is 0 Å². The molecule has 2 heterocycles. The molecule has 0 radical (unpaired) electrons. The molecule has 0 spiro atoms. The summed E-state index contributed by atoms with van der Waals surface area (Å²) in [5.41, 5.74) is 4.16. The molecule has 0 aliphatic carbocycles. The van der Waals surface area contributed by atoms with Crippen LogP contribution < -0.4 is 10.2 Å². The lowest BCUT2D eigenvalue weighted by Crippen LogP contribution is -2.17. The number of aromatic nitrogens is 1. The number of carbonyl (C=O) groups is 1. The van der Waals surface area contributed by atoms with Crippen molar-refractivity contribution in [1.82, 2.24) is 9.99 Å². The number of ether oxygens (including phenoxy) is 1. The highest BCUT2D eigenvalue weighted by Crippen LogP contribution is 2.33. The molecule has 4 rings (SSSR count). The van der Waals surface area contributed by atoms with Crippen LogP contribution in [-0.2, 0) is 0 Å². The number of amides is 1. The molecule has 2 aromatic carbocycles. The molecule has 156 valence electrons. The van der Waals surface area contributed by atoms with E-state index < -0.39 is 10.8 Å².